The zero-order valence-corrected chi connectivity index (χ0v) is 11.6. The maximum atomic E-state index is 11.9. The summed E-state index contributed by atoms with van der Waals surface area (Å²) in [5.74, 6) is -2.57. The molecule has 0 aliphatic rings. The zero-order chi connectivity index (χ0) is 15.4. The highest BCUT2D eigenvalue weighted by molar-refractivity contribution is 5.88. The molecule has 8 nitrogen and oxygen atoms in total. The number of rotatable bonds is 6. The summed E-state index contributed by atoms with van der Waals surface area (Å²) >= 11 is 0. The van der Waals surface area contributed by atoms with E-state index in [1.54, 1.807) is 18.7 Å². The number of nitrogens with one attached hydrogen (secondary N) is 1. The number of aryl methyl sites for hydroxylation is 2. The van der Waals surface area contributed by atoms with Crippen molar-refractivity contribution in [3.63, 3.8) is 0 Å². The number of carboxylic acids is 1. The highest BCUT2D eigenvalue weighted by Gasteiger charge is 2.23. The van der Waals surface area contributed by atoms with Gasteiger partial charge in [0.15, 0.2) is 0 Å². The van der Waals surface area contributed by atoms with Gasteiger partial charge in [-0.25, -0.2) is 4.79 Å². The summed E-state index contributed by atoms with van der Waals surface area (Å²) in [6, 6.07) is -1.31. The van der Waals surface area contributed by atoms with Gasteiger partial charge in [-0.15, -0.1) is 0 Å². The summed E-state index contributed by atoms with van der Waals surface area (Å²) in [4.78, 5) is 33.5. The predicted octanol–water partition coefficient (Wildman–Crippen LogP) is -0.976. The number of carbonyl (C=O) groups excluding carboxylic acids is 2. The van der Waals surface area contributed by atoms with Crippen LogP contribution in [0.4, 0.5) is 0 Å². The van der Waals surface area contributed by atoms with Gasteiger partial charge in [0.1, 0.15) is 6.04 Å². The lowest BCUT2D eigenvalue weighted by Crippen LogP contribution is -2.44. The van der Waals surface area contributed by atoms with Crippen LogP contribution in [0.25, 0.3) is 0 Å². The van der Waals surface area contributed by atoms with Crippen molar-refractivity contribution in [2.45, 2.75) is 32.7 Å². The highest BCUT2D eigenvalue weighted by Crippen LogP contribution is 2.12. The smallest absolute Gasteiger partial charge is 0.326 e. The van der Waals surface area contributed by atoms with Crippen molar-refractivity contribution >= 4 is 17.8 Å². The molecule has 1 heterocycles. The molecule has 0 fully saturated rings. The summed E-state index contributed by atoms with van der Waals surface area (Å²) in [7, 11) is 1.76. The van der Waals surface area contributed by atoms with Gasteiger partial charge in [-0.1, -0.05) is 0 Å². The van der Waals surface area contributed by atoms with Gasteiger partial charge in [0.2, 0.25) is 11.8 Å². The fourth-order valence-corrected chi connectivity index (χ4v) is 1.88. The van der Waals surface area contributed by atoms with Crippen molar-refractivity contribution in [3.8, 4) is 0 Å². The van der Waals surface area contributed by atoms with E-state index in [4.69, 9.17) is 10.8 Å². The van der Waals surface area contributed by atoms with Crippen LogP contribution in [0, 0.1) is 13.8 Å². The Balaban J connectivity index is 2.75. The van der Waals surface area contributed by atoms with Gasteiger partial charge in [0.05, 0.1) is 18.5 Å². The fraction of sp³-hybridized carbons (Fsp3) is 0.500. The van der Waals surface area contributed by atoms with E-state index in [1.165, 1.54) is 0 Å². The normalized spacial score (nSPS) is 11.9. The number of hydrogen-bond donors (Lipinski definition) is 3. The topological polar surface area (TPSA) is 127 Å². The average molecular weight is 282 g/mol. The van der Waals surface area contributed by atoms with Gasteiger partial charge >= 0.3 is 5.97 Å². The predicted molar refractivity (Wildman–Crippen MR) is 69.8 cm³/mol. The molecule has 1 aromatic heterocycles. The first kappa shape index (κ1) is 15.7. The Morgan fingerprint density at radius 1 is 1.40 bits per heavy atom. The first-order valence-electron chi connectivity index (χ1n) is 6.02. The Labute approximate surface area is 115 Å². The molecule has 4 N–H and O–H groups in total. The third kappa shape index (κ3) is 3.81. The van der Waals surface area contributed by atoms with Gasteiger partial charge in [-0.05, 0) is 13.8 Å². The molecule has 0 aliphatic carbocycles. The van der Waals surface area contributed by atoms with Crippen LogP contribution in [0.1, 0.15) is 23.4 Å². The first-order chi connectivity index (χ1) is 9.22. The second-order valence-corrected chi connectivity index (χ2v) is 4.58. The number of nitrogens with two attached hydrogens (primary N) is 1. The summed E-state index contributed by atoms with van der Waals surface area (Å²) in [5.41, 5.74) is 7.23. The molecule has 1 rings (SSSR count). The van der Waals surface area contributed by atoms with Crippen molar-refractivity contribution in [1.82, 2.24) is 15.1 Å². The minimum Gasteiger partial charge on any atom is -0.480 e. The van der Waals surface area contributed by atoms with E-state index in [0.717, 1.165) is 11.3 Å². The second-order valence-electron chi connectivity index (χ2n) is 4.58. The molecule has 2 amide bonds. The standard InChI is InChI=1S/C12H18N4O4/c1-6-8(7(2)16(3)15-6)4-11(18)14-9(12(19)20)5-10(13)17/h9H,4-5H2,1-3H3,(H2,13,17)(H,14,18)(H,19,20)/t9-/m0/s1. The van der Waals surface area contributed by atoms with Crippen LogP contribution >= 0.6 is 0 Å². The lowest BCUT2D eigenvalue weighted by atomic mass is 10.1. The molecule has 0 aliphatic heterocycles. The molecule has 0 unspecified atom stereocenters. The monoisotopic (exact) mass is 282 g/mol. The molecule has 0 saturated carbocycles. The minimum atomic E-state index is -1.31. The Kier molecular flexibility index (Phi) is 4.84. The first-order valence-corrected chi connectivity index (χ1v) is 6.02. The number of aromatic nitrogens is 2. The van der Waals surface area contributed by atoms with Gasteiger partial charge in [-0.3, -0.25) is 14.3 Å². The number of aliphatic carboxylic acids is 1. The number of nitrogens with zero attached hydrogens (tertiary/aromatic N) is 2. The van der Waals surface area contributed by atoms with Crippen molar-refractivity contribution in [2.75, 3.05) is 0 Å². The SMILES string of the molecule is Cc1nn(C)c(C)c1CC(=O)N[C@@H](CC(N)=O)C(=O)O. The molecule has 0 saturated heterocycles. The third-order valence-electron chi connectivity index (χ3n) is 3.03. The van der Waals surface area contributed by atoms with E-state index in [1.807, 2.05) is 6.92 Å². The Morgan fingerprint density at radius 3 is 2.40 bits per heavy atom. The van der Waals surface area contributed by atoms with Gasteiger partial charge in [0, 0.05) is 18.3 Å². The van der Waals surface area contributed by atoms with E-state index in [0.29, 0.717) is 5.69 Å². The lowest BCUT2D eigenvalue weighted by molar-refractivity contribution is -0.143. The Morgan fingerprint density at radius 2 is 2.00 bits per heavy atom. The van der Waals surface area contributed by atoms with Crippen molar-refractivity contribution in [1.29, 1.82) is 0 Å². The largest absolute Gasteiger partial charge is 0.480 e. The summed E-state index contributed by atoms with van der Waals surface area (Å²) < 4.78 is 1.65. The van der Waals surface area contributed by atoms with Crippen LogP contribution in [0.2, 0.25) is 0 Å². The van der Waals surface area contributed by atoms with Crippen molar-refractivity contribution in [2.24, 2.45) is 12.8 Å². The van der Waals surface area contributed by atoms with Crippen LogP contribution in [-0.2, 0) is 27.9 Å². The van der Waals surface area contributed by atoms with Crippen LogP contribution in [0.15, 0.2) is 0 Å². The zero-order valence-electron chi connectivity index (χ0n) is 11.6. The molecule has 110 valence electrons. The van der Waals surface area contributed by atoms with E-state index >= 15 is 0 Å². The second kappa shape index (κ2) is 6.18. The quantitative estimate of drug-likeness (QED) is 0.618. The third-order valence-corrected chi connectivity index (χ3v) is 3.03. The van der Waals surface area contributed by atoms with Crippen LogP contribution in [-0.4, -0.2) is 38.7 Å². The average Bonchev–Trinajstić information content (AvgIpc) is 2.54. The number of hydrogen-bond acceptors (Lipinski definition) is 4. The molecule has 0 radical (unpaired) electrons. The summed E-state index contributed by atoms with van der Waals surface area (Å²) in [5, 5.41) is 15.4. The van der Waals surface area contributed by atoms with E-state index in [-0.39, 0.29) is 6.42 Å². The molecular weight excluding hydrogens is 264 g/mol. The summed E-state index contributed by atoms with van der Waals surface area (Å²) in [6.45, 7) is 3.59. The maximum absolute atomic E-state index is 11.9. The van der Waals surface area contributed by atoms with Gasteiger partial charge in [0.25, 0.3) is 0 Å². The van der Waals surface area contributed by atoms with E-state index in [2.05, 4.69) is 10.4 Å². The lowest BCUT2D eigenvalue weighted by Gasteiger charge is -2.12. The Bertz CT molecular complexity index is 550. The Hall–Kier alpha value is -2.38. The van der Waals surface area contributed by atoms with E-state index in [9.17, 15) is 14.4 Å². The van der Waals surface area contributed by atoms with Crippen molar-refractivity contribution in [3.05, 3.63) is 17.0 Å². The molecule has 8 heteroatoms. The van der Waals surface area contributed by atoms with Crippen LogP contribution < -0.4 is 11.1 Å². The number of amides is 2. The van der Waals surface area contributed by atoms with Crippen LogP contribution in [0.5, 0.6) is 0 Å². The molecule has 1 aromatic rings. The van der Waals surface area contributed by atoms with Crippen molar-refractivity contribution < 1.29 is 19.5 Å². The summed E-state index contributed by atoms with van der Waals surface area (Å²) in [6.07, 6.45) is -0.430. The maximum Gasteiger partial charge on any atom is 0.326 e. The van der Waals surface area contributed by atoms with Gasteiger partial charge in [-0.2, -0.15) is 5.10 Å². The number of carbonyl (C=O) groups is 3. The molecule has 0 spiro atoms. The number of primary amides is 1. The minimum absolute atomic E-state index is 0.00798. The molecule has 1 atom stereocenters. The molecule has 0 bridgehead atoms. The molecular formula is C12H18N4O4. The fourth-order valence-electron chi connectivity index (χ4n) is 1.88. The molecule has 20 heavy (non-hydrogen) atoms. The van der Waals surface area contributed by atoms with E-state index < -0.39 is 30.2 Å². The highest BCUT2D eigenvalue weighted by atomic mass is 16.4. The number of carboxylic acid groups (broad SMARTS) is 1. The van der Waals surface area contributed by atoms with Gasteiger partial charge < -0.3 is 16.2 Å². The van der Waals surface area contributed by atoms with Crippen LogP contribution in [0.3, 0.4) is 0 Å². The molecule has 0 aromatic carbocycles.